The van der Waals surface area contributed by atoms with Gasteiger partial charge in [0.15, 0.2) is 11.7 Å². The Hall–Kier alpha value is -2.24. The SMILES string of the molecule is CCNC(=NCCC1=CCCCC1)NCCNC(=O)c1ccco1. The lowest BCUT2D eigenvalue weighted by molar-refractivity contribution is 0.0926. The number of carbonyl (C=O) groups is 1. The Morgan fingerprint density at radius 3 is 2.83 bits per heavy atom. The Morgan fingerprint density at radius 2 is 2.12 bits per heavy atom. The lowest BCUT2D eigenvalue weighted by atomic mass is 9.97. The van der Waals surface area contributed by atoms with Crippen LogP contribution in [0, 0.1) is 0 Å². The normalized spacial score (nSPS) is 14.9. The molecule has 1 heterocycles. The van der Waals surface area contributed by atoms with Crippen LogP contribution in [0.3, 0.4) is 0 Å². The van der Waals surface area contributed by atoms with E-state index >= 15 is 0 Å². The highest BCUT2D eigenvalue weighted by atomic mass is 16.3. The van der Waals surface area contributed by atoms with Gasteiger partial charge in [-0.2, -0.15) is 0 Å². The first kappa shape index (κ1) is 18.1. The third kappa shape index (κ3) is 6.48. The molecule has 0 radical (unpaired) electrons. The van der Waals surface area contributed by atoms with E-state index in [0.717, 1.165) is 25.5 Å². The Morgan fingerprint density at radius 1 is 1.25 bits per heavy atom. The maximum atomic E-state index is 11.7. The van der Waals surface area contributed by atoms with Crippen molar-refractivity contribution in [2.75, 3.05) is 26.2 Å². The molecule has 1 aromatic rings. The Balaban J connectivity index is 1.67. The van der Waals surface area contributed by atoms with Gasteiger partial charge >= 0.3 is 0 Å². The molecule has 0 aliphatic heterocycles. The van der Waals surface area contributed by atoms with Crippen LogP contribution < -0.4 is 16.0 Å². The van der Waals surface area contributed by atoms with Gasteiger partial charge in [-0.1, -0.05) is 11.6 Å². The fourth-order valence-corrected chi connectivity index (χ4v) is 2.64. The van der Waals surface area contributed by atoms with Crippen molar-refractivity contribution in [2.45, 2.75) is 39.0 Å². The second-order valence-electron chi connectivity index (χ2n) is 5.78. The lowest BCUT2D eigenvalue weighted by Gasteiger charge is -2.13. The molecule has 6 heteroatoms. The van der Waals surface area contributed by atoms with E-state index in [1.165, 1.54) is 37.5 Å². The molecule has 0 bridgehead atoms. The van der Waals surface area contributed by atoms with Gasteiger partial charge in [-0.15, -0.1) is 0 Å². The van der Waals surface area contributed by atoms with Crippen LogP contribution >= 0.6 is 0 Å². The van der Waals surface area contributed by atoms with Gasteiger partial charge in [-0.3, -0.25) is 9.79 Å². The third-order valence-electron chi connectivity index (χ3n) is 3.88. The van der Waals surface area contributed by atoms with Crippen molar-refractivity contribution in [1.82, 2.24) is 16.0 Å². The number of allylic oxidation sites excluding steroid dienone is 1. The number of nitrogens with zero attached hydrogens (tertiary/aromatic N) is 1. The van der Waals surface area contributed by atoms with Crippen molar-refractivity contribution in [3.63, 3.8) is 0 Å². The van der Waals surface area contributed by atoms with Crippen molar-refractivity contribution in [2.24, 2.45) is 4.99 Å². The average Bonchev–Trinajstić information content (AvgIpc) is 3.14. The first-order valence-corrected chi connectivity index (χ1v) is 8.81. The molecule has 6 nitrogen and oxygen atoms in total. The molecule has 2 rings (SSSR count). The van der Waals surface area contributed by atoms with Gasteiger partial charge in [0.2, 0.25) is 0 Å². The first-order valence-electron chi connectivity index (χ1n) is 8.81. The van der Waals surface area contributed by atoms with Crippen molar-refractivity contribution in [3.8, 4) is 0 Å². The molecule has 0 aromatic carbocycles. The standard InChI is InChI=1S/C18H28N4O2/c1-2-19-18(21-11-10-15-7-4-3-5-8-15)22-13-12-20-17(23)16-9-6-14-24-16/h6-7,9,14H,2-5,8,10-13H2,1H3,(H,20,23)(H2,19,21,22). The molecular formula is C18H28N4O2. The zero-order chi connectivity index (χ0) is 17.0. The number of amides is 1. The lowest BCUT2D eigenvalue weighted by Crippen LogP contribution is -2.41. The maximum absolute atomic E-state index is 11.7. The van der Waals surface area contributed by atoms with E-state index in [0.29, 0.717) is 18.8 Å². The van der Waals surface area contributed by atoms with E-state index in [2.05, 4.69) is 27.0 Å². The quantitative estimate of drug-likeness (QED) is 0.296. The summed E-state index contributed by atoms with van der Waals surface area (Å²) in [5, 5.41) is 9.26. The van der Waals surface area contributed by atoms with Crippen LogP contribution in [0.1, 0.15) is 49.6 Å². The number of guanidine groups is 1. The molecule has 24 heavy (non-hydrogen) atoms. The fraction of sp³-hybridized carbons (Fsp3) is 0.556. The van der Waals surface area contributed by atoms with Gasteiger partial charge in [0.1, 0.15) is 0 Å². The number of hydrogen-bond acceptors (Lipinski definition) is 3. The molecule has 1 aromatic heterocycles. The zero-order valence-corrected chi connectivity index (χ0v) is 14.4. The van der Waals surface area contributed by atoms with E-state index in [1.807, 2.05) is 6.92 Å². The monoisotopic (exact) mass is 332 g/mol. The summed E-state index contributed by atoms with van der Waals surface area (Å²) in [5.41, 5.74) is 1.53. The van der Waals surface area contributed by atoms with Crippen LogP contribution in [-0.2, 0) is 0 Å². The van der Waals surface area contributed by atoms with E-state index in [4.69, 9.17) is 4.42 Å². The first-order chi connectivity index (χ1) is 11.8. The predicted octanol–water partition coefficient (Wildman–Crippen LogP) is 2.46. The van der Waals surface area contributed by atoms with E-state index in [-0.39, 0.29) is 5.91 Å². The number of furan rings is 1. The molecule has 1 aliphatic rings. The summed E-state index contributed by atoms with van der Waals surface area (Å²) in [6.07, 6.45) is 9.95. The number of aliphatic imine (C=N–C) groups is 1. The highest BCUT2D eigenvalue weighted by Gasteiger charge is 2.07. The van der Waals surface area contributed by atoms with Crippen molar-refractivity contribution < 1.29 is 9.21 Å². The molecule has 0 fully saturated rings. The molecule has 0 atom stereocenters. The molecule has 0 saturated carbocycles. The topological polar surface area (TPSA) is 78.7 Å². The van der Waals surface area contributed by atoms with Crippen LogP contribution in [-0.4, -0.2) is 38.0 Å². The Labute approximate surface area is 143 Å². The van der Waals surface area contributed by atoms with Gasteiger partial charge in [0.25, 0.3) is 5.91 Å². The molecule has 0 spiro atoms. The average molecular weight is 332 g/mol. The smallest absolute Gasteiger partial charge is 0.287 e. The van der Waals surface area contributed by atoms with Gasteiger partial charge in [-0.25, -0.2) is 0 Å². The largest absolute Gasteiger partial charge is 0.459 e. The van der Waals surface area contributed by atoms with Gasteiger partial charge < -0.3 is 20.4 Å². The molecule has 3 N–H and O–H groups in total. The Bertz CT molecular complexity index is 549. The maximum Gasteiger partial charge on any atom is 0.287 e. The van der Waals surface area contributed by atoms with Crippen molar-refractivity contribution in [1.29, 1.82) is 0 Å². The van der Waals surface area contributed by atoms with Crippen LogP contribution in [0.25, 0.3) is 0 Å². The second kappa shape index (κ2) is 10.5. The minimum Gasteiger partial charge on any atom is -0.459 e. The van der Waals surface area contributed by atoms with Crippen molar-refractivity contribution >= 4 is 11.9 Å². The zero-order valence-electron chi connectivity index (χ0n) is 14.4. The summed E-state index contributed by atoms with van der Waals surface area (Å²) in [6.45, 7) is 4.77. The van der Waals surface area contributed by atoms with Crippen LogP contribution in [0.2, 0.25) is 0 Å². The van der Waals surface area contributed by atoms with Crippen LogP contribution in [0.15, 0.2) is 39.5 Å². The van der Waals surface area contributed by atoms with Crippen LogP contribution in [0.5, 0.6) is 0 Å². The molecular weight excluding hydrogens is 304 g/mol. The molecule has 1 amide bonds. The van der Waals surface area contributed by atoms with E-state index < -0.39 is 0 Å². The van der Waals surface area contributed by atoms with Gasteiger partial charge in [-0.05, 0) is 51.2 Å². The third-order valence-corrected chi connectivity index (χ3v) is 3.88. The van der Waals surface area contributed by atoms with Gasteiger partial charge in [0, 0.05) is 26.2 Å². The summed E-state index contributed by atoms with van der Waals surface area (Å²) in [5.74, 6) is 0.922. The fourth-order valence-electron chi connectivity index (χ4n) is 2.64. The number of hydrogen-bond donors (Lipinski definition) is 3. The van der Waals surface area contributed by atoms with Gasteiger partial charge in [0.05, 0.1) is 6.26 Å². The summed E-state index contributed by atoms with van der Waals surface area (Å²) >= 11 is 0. The number of nitrogens with one attached hydrogen (secondary N) is 3. The number of carbonyl (C=O) groups excluding carboxylic acids is 1. The number of rotatable bonds is 8. The highest BCUT2D eigenvalue weighted by molar-refractivity contribution is 5.91. The van der Waals surface area contributed by atoms with E-state index in [1.54, 1.807) is 12.1 Å². The second-order valence-corrected chi connectivity index (χ2v) is 5.78. The summed E-state index contributed by atoms with van der Waals surface area (Å²) in [6, 6.07) is 3.35. The summed E-state index contributed by atoms with van der Waals surface area (Å²) < 4.78 is 5.05. The molecule has 0 unspecified atom stereocenters. The highest BCUT2D eigenvalue weighted by Crippen LogP contribution is 2.19. The predicted molar refractivity (Wildman–Crippen MR) is 96.2 cm³/mol. The van der Waals surface area contributed by atoms with Crippen molar-refractivity contribution in [3.05, 3.63) is 35.8 Å². The van der Waals surface area contributed by atoms with Crippen LogP contribution in [0.4, 0.5) is 0 Å². The molecule has 0 saturated heterocycles. The molecule has 1 aliphatic carbocycles. The Kier molecular flexibility index (Phi) is 7.93. The van der Waals surface area contributed by atoms with E-state index in [9.17, 15) is 4.79 Å². The molecule has 132 valence electrons. The minimum absolute atomic E-state index is 0.201. The summed E-state index contributed by atoms with van der Waals surface area (Å²) in [7, 11) is 0. The summed E-state index contributed by atoms with van der Waals surface area (Å²) in [4.78, 5) is 16.3. The minimum atomic E-state index is -0.201.